The Hall–Kier alpha value is -2.20. The van der Waals surface area contributed by atoms with Crippen LogP contribution in [0.5, 0.6) is 0 Å². The summed E-state index contributed by atoms with van der Waals surface area (Å²) in [6.45, 7) is 17.3. The third-order valence-corrected chi connectivity index (χ3v) is 9.17. The molecule has 3 heterocycles. The van der Waals surface area contributed by atoms with E-state index in [0.717, 1.165) is 43.5 Å². The van der Waals surface area contributed by atoms with Gasteiger partial charge >= 0.3 is 12.1 Å². The molecule has 0 spiro atoms. The Kier molecular flexibility index (Phi) is 14.2. The first-order valence-electron chi connectivity index (χ1n) is 16.4. The molecule has 3 N–H and O–H groups in total. The molecule has 9 heteroatoms. The molecule has 3 aliphatic heterocycles. The Morgan fingerprint density at radius 3 is 2.74 bits per heavy atom. The van der Waals surface area contributed by atoms with Gasteiger partial charge < -0.3 is 34.6 Å². The molecule has 0 aliphatic carbocycles. The number of nitrogens with zero attached hydrogens (tertiary/aromatic N) is 1. The van der Waals surface area contributed by atoms with E-state index in [1.54, 1.807) is 4.90 Å². The van der Waals surface area contributed by atoms with Crippen LogP contribution in [0.2, 0.25) is 0 Å². The monoisotopic (exact) mass is 604 g/mol. The number of ether oxygens (including phenoxy) is 3. The second kappa shape index (κ2) is 17.3. The fourth-order valence-corrected chi connectivity index (χ4v) is 6.13. The van der Waals surface area contributed by atoms with E-state index in [0.29, 0.717) is 38.8 Å². The van der Waals surface area contributed by atoms with Crippen LogP contribution in [0.25, 0.3) is 0 Å². The molecule has 3 rings (SSSR count). The number of aliphatic hydroxyl groups is 2. The minimum atomic E-state index is -0.854. The molecule has 0 aromatic carbocycles. The minimum Gasteiger partial charge on any atom is -0.457 e. The van der Waals surface area contributed by atoms with Gasteiger partial charge in [-0.2, -0.15) is 0 Å². The van der Waals surface area contributed by atoms with Gasteiger partial charge in [-0.15, -0.1) is 0 Å². The molecule has 0 radical (unpaired) electrons. The summed E-state index contributed by atoms with van der Waals surface area (Å²) in [6.07, 6.45) is 8.46. The van der Waals surface area contributed by atoms with Crippen LogP contribution in [0.4, 0.5) is 4.79 Å². The standard InChI is InChI=1S/C34H56N2O7/c1-7-28(38)26(6)33-30(41-33)20-22(2)10-8-11-24(4)32-25(5)13-15-29(23(3)12-14-27(37)21-31(39)43-32)42-34(40)36-18-9-16-35-17-19-36/h8,10-11,22,25-30,32-33,35,37-38H,3,7,9,12-21H2,1-2,4-6H3/b10-8+,24-11+. The molecule has 43 heavy (non-hydrogen) atoms. The maximum atomic E-state index is 13.0. The zero-order valence-corrected chi connectivity index (χ0v) is 27.0. The second-order valence-electron chi connectivity index (χ2n) is 13.0. The van der Waals surface area contributed by atoms with Crippen molar-refractivity contribution in [2.45, 2.75) is 123 Å². The summed E-state index contributed by atoms with van der Waals surface area (Å²) in [7, 11) is 0. The van der Waals surface area contributed by atoms with Crippen LogP contribution in [0.15, 0.2) is 36.0 Å². The van der Waals surface area contributed by atoms with Crippen LogP contribution < -0.4 is 5.32 Å². The van der Waals surface area contributed by atoms with Crippen molar-refractivity contribution >= 4 is 12.1 Å². The summed E-state index contributed by atoms with van der Waals surface area (Å²) >= 11 is 0. The molecule has 244 valence electrons. The first kappa shape index (κ1) is 35.3. The molecule has 0 aromatic rings. The van der Waals surface area contributed by atoms with Crippen molar-refractivity contribution in [2.75, 3.05) is 26.2 Å². The Morgan fingerprint density at radius 2 is 2.00 bits per heavy atom. The largest absolute Gasteiger partial charge is 0.457 e. The topological polar surface area (TPSA) is 121 Å². The van der Waals surface area contributed by atoms with Crippen molar-refractivity contribution in [1.82, 2.24) is 10.2 Å². The highest BCUT2D eigenvalue weighted by Crippen LogP contribution is 2.36. The number of amides is 1. The lowest BCUT2D eigenvalue weighted by Crippen LogP contribution is -2.37. The van der Waals surface area contributed by atoms with Crippen molar-refractivity contribution in [3.05, 3.63) is 36.0 Å². The van der Waals surface area contributed by atoms with Gasteiger partial charge in [0.2, 0.25) is 0 Å². The zero-order valence-electron chi connectivity index (χ0n) is 27.0. The van der Waals surface area contributed by atoms with Crippen LogP contribution in [0, 0.1) is 17.8 Å². The van der Waals surface area contributed by atoms with E-state index in [-0.39, 0.29) is 48.6 Å². The SMILES string of the molecule is C=C1CCC(O)CC(=O)OC(/C(C)=C/C=C/C(C)CC2OC2C(C)C(O)CC)C(C)CCC1OC(=O)N1CCCNCC1. The molecule has 0 bridgehead atoms. The highest BCUT2D eigenvalue weighted by molar-refractivity contribution is 5.70. The summed E-state index contributed by atoms with van der Waals surface area (Å²) in [4.78, 5) is 27.5. The van der Waals surface area contributed by atoms with Gasteiger partial charge in [-0.25, -0.2) is 4.79 Å². The molecular formula is C34H56N2O7. The number of epoxide rings is 1. The number of cyclic esters (lactones) is 1. The molecule has 0 saturated carbocycles. The molecule has 0 aromatic heterocycles. The van der Waals surface area contributed by atoms with Crippen molar-refractivity contribution in [2.24, 2.45) is 17.8 Å². The Morgan fingerprint density at radius 1 is 1.23 bits per heavy atom. The van der Waals surface area contributed by atoms with E-state index in [4.69, 9.17) is 14.2 Å². The lowest BCUT2D eigenvalue weighted by atomic mass is 9.89. The maximum absolute atomic E-state index is 13.0. The summed E-state index contributed by atoms with van der Waals surface area (Å²) in [5.74, 6) is -0.0290. The van der Waals surface area contributed by atoms with Gasteiger partial charge in [-0.1, -0.05) is 52.5 Å². The van der Waals surface area contributed by atoms with E-state index < -0.39 is 24.3 Å². The lowest BCUT2D eigenvalue weighted by Gasteiger charge is -2.30. The molecule has 3 fully saturated rings. The van der Waals surface area contributed by atoms with E-state index >= 15 is 0 Å². The fourth-order valence-electron chi connectivity index (χ4n) is 6.13. The number of carbonyl (C=O) groups excluding carboxylic acids is 2. The molecule has 3 saturated heterocycles. The van der Waals surface area contributed by atoms with Crippen molar-refractivity contribution < 1.29 is 34.0 Å². The van der Waals surface area contributed by atoms with Gasteiger partial charge in [0.15, 0.2) is 0 Å². The number of rotatable bonds is 9. The zero-order chi connectivity index (χ0) is 31.5. The minimum absolute atomic E-state index is 0.0360. The normalized spacial score (nSPS) is 32.2. The van der Waals surface area contributed by atoms with Crippen LogP contribution in [-0.2, 0) is 19.0 Å². The first-order chi connectivity index (χ1) is 20.5. The van der Waals surface area contributed by atoms with Gasteiger partial charge in [-0.05, 0) is 81.4 Å². The molecule has 3 aliphatic rings. The lowest BCUT2D eigenvalue weighted by molar-refractivity contribution is -0.152. The fraction of sp³-hybridized carbons (Fsp3) is 0.765. The number of aliphatic hydroxyl groups excluding tert-OH is 2. The smallest absolute Gasteiger partial charge is 0.410 e. The molecule has 1 amide bonds. The number of nitrogens with one attached hydrogen (secondary N) is 1. The molecule has 9 atom stereocenters. The molecule has 9 unspecified atom stereocenters. The molecular weight excluding hydrogens is 548 g/mol. The van der Waals surface area contributed by atoms with Gasteiger partial charge in [0, 0.05) is 25.6 Å². The first-order valence-corrected chi connectivity index (χ1v) is 16.4. The highest BCUT2D eigenvalue weighted by atomic mass is 16.6. The van der Waals surface area contributed by atoms with E-state index in [1.807, 2.05) is 39.8 Å². The molecule has 9 nitrogen and oxygen atoms in total. The summed E-state index contributed by atoms with van der Waals surface area (Å²) < 4.78 is 17.8. The van der Waals surface area contributed by atoms with Crippen LogP contribution in [-0.4, -0.2) is 90.0 Å². The van der Waals surface area contributed by atoms with Gasteiger partial charge in [0.25, 0.3) is 0 Å². The third-order valence-electron chi connectivity index (χ3n) is 9.17. The Balaban J connectivity index is 1.63. The van der Waals surface area contributed by atoms with Crippen molar-refractivity contribution in [3.8, 4) is 0 Å². The van der Waals surface area contributed by atoms with Crippen molar-refractivity contribution in [1.29, 1.82) is 0 Å². The van der Waals surface area contributed by atoms with Gasteiger partial charge in [0.05, 0.1) is 30.8 Å². The predicted molar refractivity (Wildman–Crippen MR) is 167 cm³/mol. The average molecular weight is 605 g/mol. The van der Waals surface area contributed by atoms with E-state index in [2.05, 4.69) is 24.9 Å². The number of carbonyl (C=O) groups is 2. The summed E-state index contributed by atoms with van der Waals surface area (Å²) in [5.41, 5.74) is 1.68. The Labute approximate surface area is 258 Å². The van der Waals surface area contributed by atoms with Crippen LogP contribution in [0.3, 0.4) is 0 Å². The van der Waals surface area contributed by atoms with Gasteiger partial charge in [-0.3, -0.25) is 4.79 Å². The quantitative estimate of drug-likeness (QED) is 0.147. The second-order valence-corrected chi connectivity index (χ2v) is 13.0. The average Bonchev–Trinajstić information content (AvgIpc) is 3.78. The number of allylic oxidation sites excluding steroid dienone is 3. The van der Waals surface area contributed by atoms with Crippen LogP contribution >= 0.6 is 0 Å². The number of hydrogen-bond acceptors (Lipinski definition) is 8. The maximum Gasteiger partial charge on any atom is 0.410 e. The number of hydrogen-bond donors (Lipinski definition) is 3. The predicted octanol–water partition coefficient (Wildman–Crippen LogP) is 4.92. The highest BCUT2D eigenvalue weighted by Gasteiger charge is 2.45. The summed E-state index contributed by atoms with van der Waals surface area (Å²) in [5, 5.41) is 24.0. The van der Waals surface area contributed by atoms with E-state index in [9.17, 15) is 19.8 Å². The number of esters is 1. The van der Waals surface area contributed by atoms with E-state index in [1.165, 1.54) is 0 Å². The summed E-state index contributed by atoms with van der Waals surface area (Å²) in [6, 6.07) is 0. The third kappa shape index (κ3) is 11.3. The Bertz CT molecular complexity index is 974. The van der Waals surface area contributed by atoms with Crippen LogP contribution in [0.1, 0.15) is 86.0 Å². The van der Waals surface area contributed by atoms with Crippen molar-refractivity contribution in [3.63, 3.8) is 0 Å². The van der Waals surface area contributed by atoms with Gasteiger partial charge in [0.1, 0.15) is 12.2 Å².